The highest BCUT2D eigenvalue weighted by Gasteiger charge is 2.28. The van der Waals surface area contributed by atoms with Gasteiger partial charge in [-0.05, 0) is 37.5 Å². The van der Waals surface area contributed by atoms with Gasteiger partial charge in [0, 0.05) is 32.7 Å². The molecule has 1 aliphatic rings. The SMILES string of the molecule is CN(Cc1ccc(F)c(F)c1)c1cc(N2CCC(C)(O)CC2)ncn1. The number of hydrogen-bond acceptors (Lipinski definition) is 5. The largest absolute Gasteiger partial charge is 0.390 e. The minimum absolute atomic E-state index is 0.405. The molecule has 0 spiro atoms. The number of benzene rings is 1. The molecule has 0 bridgehead atoms. The predicted octanol–water partition coefficient (Wildman–Crippen LogP) is 2.74. The minimum atomic E-state index is -0.852. The Morgan fingerprint density at radius 2 is 1.88 bits per heavy atom. The summed E-state index contributed by atoms with van der Waals surface area (Å²) in [6.45, 7) is 3.72. The number of aromatic nitrogens is 2. The van der Waals surface area contributed by atoms with Crippen LogP contribution in [0.25, 0.3) is 0 Å². The Hall–Kier alpha value is -2.28. The quantitative estimate of drug-likeness (QED) is 0.921. The fraction of sp³-hybridized carbons (Fsp3) is 0.444. The summed E-state index contributed by atoms with van der Waals surface area (Å²) in [7, 11) is 1.84. The second-order valence-corrected chi connectivity index (χ2v) is 6.82. The van der Waals surface area contributed by atoms with Crippen LogP contribution in [0.3, 0.4) is 0 Å². The predicted molar refractivity (Wildman–Crippen MR) is 92.6 cm³/mol. The third kappa shape index (κ3) is 4.22. The first-order chi connectivity index (χ1) is 11.8. The van der Waals surface area contributed by atoms with Crippen LogP contribution in [-0.2, 0) is 6.54 Å². The van der Waals surface area contributed by atoms with Gasteiger partial charge in [0.05, 0.1) is 5.60 Å². The third-order valence-corrected chi connectivity index (χ3v) is 4.60. The first-order valence-corrected chi connectivity index (χ1v) is 8.28. The average molecular weight is 348 g/mol. The first-order valence-electron chi connectivity index (χ1n) is 8.28. The van der Waals surface area contributed by atoms with Crippen molar-refractivity contribution in [1.29, 1.82) is 0 Å². The van der Waals surface area contributed by atoms with Crippen LogP contribution in [0, 0.1) is 11.6 Å². The molecule has 1 N–H and O–H groups in total. The van der Waals surface area contributed by atoms with E-state index >= 15 is 0 Å². The molecule has 0 atom stereocenters. The van der Waals surface area contributed by atoms with Crippen LogP contribution >= 0.6 is 0 Å². The van der Waals surface area contributed by atoms with E-state index in [0.717, 1.165) is 25.0 Å². The molecule has 0 radical (unpaired) electrons. The molecule has 7 heteroatoms. The molecule has 134 valence electrons. The zero-order valence-electron chi connectivity index (χ0n) is 14.4. The smallest absolute Gasteiger partial charge is 0.159 e. The molecule has 0 amide bonds. The van der Waals surface area contributed by atoms with Crippen LogP contribution < -0.4 is 9.80 Å². The summed E-state index contributed by atoms with van der Waals surface area (Å²) in [5.41, 5.74) is 0.0473. The van der Waals surface area contributed by atoms with Crippen LogP contribution in [0.15, 0.2) is 30.6 Å². The zero-order valence-corrected chi connectivity index (χ0v) is 14.4. The zero-order chi connectivity index (χ0) is 18.0. The van der Waals surface area contributed by atoms with E-state index < -0.39 is 17.2 Å². The third-order valence-electron chi connectivity index (χ3n) is 4.60. The normalized spacial score (nSPS) is 16.8. The molecule has 5 nitrogen and oxygen atoms in total. The maximum Gasteiger partial charge on any atom is 0.159 e. The highest BCUT2D eigenvalue weighted by molar-refractivity contribution is 5.50. The van der Waals surface area contributed by atoms with Gasteiger partial charge in [0.2, 0.25) is 0 Å². The van der Waals surface area contributed by atoms with Crippen molar-refractivity contribution >= 4 is 11.6 Å². The minimum Gasteiger partial charge on any atom is -0.390 e. The number of anilines is 2. The number of hydrogen-bond donors (Lipinski definition) is 1. The van der Waals surface area contributed by atoms with Crippen molar-refractivity contribution in [2.75, 3.05) is 29.9 Å². The second kappa shape index (κ2) is 6.92. The van der Waals surface area contributed by atoms with Crippen molar-refractivity contribution in [3.63, 3.8) is 0 Å². The number of aliphatic hydroxyl groups is 1. The lowest BCUT2D eigenvalue weighted by atomic mass is 9.94. The standard InChI is InChI=1S/C18H22F2N4O/c1-18(25)5-7-24(8-6-18)17-10-16(21-12-22-17)23(2)11-13-3-4-14(19)15(20)9-13/h3-4,9-10,12,25H,5-8,11H2,1-2H3. The molecule has 0 aliphatic carbocycles. The van der Waals surface area contributed by atoms with Gasteiger partial charge in [-0.1, -0.05) is 6.07 Å². The molecular weight excluding hydrogens is 326 g/mol. The van der Waals surface area contributed by atoms with Gasteiger partial charge >= 0.3 is 0 Å². The van der Waals surface area contributed by atoms with E-state index in [4.69, 9.17) is 0 Å². The summed E-state index contributed by atoms with van der Waals surface area (Å²) < 4.78 is 26.4. The number of halogens is 2. The molecule has 1 aromatic carbocycles. The lowest BCUT2D eigenvalue weighted by Gasteiger charge is -2.36. The van der Waals surface area contributed by atoms with E-state index in [-0.39, 0.29) is 0 Å². The summed E-state index contributed by atoms with van der Waals surface area (Å²) in [5, 5.41) is 10.1. The Labute approximate surface area is 145 Å². The summed E-state index contributed by atoms with van der Waals surface area (Å²) in [4.78, 5) is 12.6. The van der Waals surface area contributed by atoms with Gasteiger partial charge in [-0.3, -0.25) is 0 Å². The summed E-state index contributed by atoms with van der Waals surface area (Å²) in [6, 6.07) is 5.76. The Bertz CT molecular complexity index is 744. The van der Waals surface area contributed by atoms with Gasteiger partial charge in [0.15, 0.2) is 11.6 Å². The Kier molecular flexibility index (Phi) is 4.85. The summed E-state index contributed by atoms with van der Waals surface area (Å²) in [5.74, 6) is -0.198. The molecule has 2 aromatic rings. The second-order valence-electron chi connectivity index (χ2n) is 6.82. The van der Waals surface area contributed by atoms with Crippen molar-refractivity contribution in [3.05, 3.63) is 47.8 Å². The number of rotatable bonds is 4. The van der Waals surface area contributed by atoms with Crippen molar-refractivity contribution in [3.8, 4) is 0 Å². The van der Waals surface area contributed by atoms with Crippen LogP contribution in [0.1, 0.15) is 25.3 Å². The van der Waals surface area contributed by atoms with Crippen molar-refractivity contribution in [2.24, 2.45) is 0 Å². The van der Waals surface area contributed by atoms with Crippen molar-refractivity contribution in [2.45, 2.75) is 31.9 Å². The van der Waals surface area contributed by atoms with Crippen LogP contribution in [0.5, 0.6) is 0 Å². The molecule has 1 aromatic heterocycles. The molecule has 0 unspecified atom stereocenters. The number of nitrogens with zero attached hydrogens (tertiary/aromatic N) is 4. The molecule has 1 saturated heterocycles. The highest BCUT2D eigenvalue weighted by Crippen LogP contribution is 2.26. The molecule has 1 fully saturated rings. The van der Waals surface area contributed by atoms with E-state index in [1.807, 2.05) is 24.9 Å². The van der Waals surface area contributed by atoms with Gasteiger partial charge in [-0.15, -0.1) is 0 Å². The first kappa shape index (κ1) is 17.5. The van der Waals surface area contributed by atoms with Gasteiger partial charge in [0.25, 0.3) is 0 Å². The van der Waals surface area contributed by atoms with Crippen LogP contribution in [-0.4, -0.2) is 40.8 Å². The van der Waals surface area contributed by atoms with E-state index in [1.165, 1.54) is 12.4 Å². The lowest BCUT2D eigenvalue weighted by molar-refractivity contribution is 0.0350. The van der Waals surface area contributed by atoms with E-state index in [2.05, 4.69) is 14.9 Å². The van der Waals surface area contributed by atoms with Crippen LogP contribution in [0.2, 0.25) is 0 Å². The lowest BCUT2D eigenvalue weighted by Crippen LogP contribution is -2.42. The molecule has 25 heavy (non-hydrogen) atoms. The van der Waals surface area contributed by atoms with Gasteiger partial charge < -0.3 is 14.9 Å². The average Bonchev–Trinajstić information content (AvgIpc) is 2.58. The molecule has 2 heterocycles. The van der Waals surface area contributed by atoms with E-state index in [9.17, 15) is 13.9 Å². The van der Waals surface area contributed by atoms with Crippen LogP contribution in [0.4, 0.5) is 20.4 Å². The van der Waals surface area contributed by atoms with E-state index in [0.29, 0.717) is 30.8 Å². The summed E-state index contributed by atoms with van der Waals surface area (Å²) >= 11 is 0. The number of piperidine rings is 1. The molecular formula is C18H22F2N4O. The molecule has 3 rings (SSSR count). The molecule has 1 aliphatic heterocycles. The van der Waals surface area contributed by atoms with Gasteiger partial charge in [-0.2, -0.15) is 0 Å². The van der Waals surface area contributed by atoms with Gasteiger partial charge in [-0.25, -0.2) is 18.7 Å². The monoisotopic (exact) mass is 348 g/mol. The summed E-state index contributed by atoms with van der Waals surface area (Å²) in [6.07, 6.45) is 2.88. The molecule has 0 saturated carbocycles. The van der Waals surface area contributed by atoms with E-state index in [1.54, 1.807) is 6.07 Å². The Morgan fingerprint density at radius 1 is 1.16 bits per heavy atom. The Balaban J connectivity index is 1.71. The fourth-order valence-corrected chi connectivity index (χ4v) is 2.93. The maximum absolute atomic E-state index is 13.4. The van der Waals surface area contributed by atoms with Crippen molar-refractivity contribution in [1.82, 2.24) is 9.97 Å². The maximum atomic E-state index is 13.4. The highest BCUT2D eigenvalue weighted by atomic mass is 19.2. The Morgan fingerprint density at radius 3 is 2.56 bits per heavy atom. The fourth-order valence-electron chi connectivity index (χ4n) is 2.93. The topological polar surface area (TPSA) is 52.5 Å². The van der Waals surface area contributed by atoms with Crippen molar-refractivity contribution < 1.29 is 13.9 Å². The van der Waals surface area contributed by atoms with Gasteiger partial charge in [0.1, 0.15) is 18.0 Å².